The van der Waals surface area contributed by atoms with E-state index in [1.165, 1.54) is 5.69 Å². The maximum atomic E-state index is 13.0. The fraction of sp³-hybridized carbons (Fsp3) is 0.312. The molecule has 3 aromatic carbocycles. The highest BCUT2D eigenvalue weighted by Gasteiger charge is 2.65. The van der Waals surface area contributed by atoms with Crippen molar-refractivity contribution in [1.29, 1.82) is 0 Å². The van der Waals surface area contributed by atoms with Crippen LogP contribution < -0.4 is 15.0 Å². The fourth-order valence-corrected chi connectivity index (χ4v) is 6.39. The number of hydrogen-bond acceptors (Lipinski definition) is 5. The van der Waals surface area contributed by atoms with Crippen molar-refractivity contribution < 1.29 is 9.53 Å². The Bertz CT molecular complexity index is 1580. The van der Waals surface area contributed by atoms with Crippen molar-refractivity contribution in [3.8, 4) is 5.75 Å². The zero-order chi connectivity index (χ0) is 26.6. The van der Waals surface area contributed by atoms with E-state index < -0.39 is 5.41 Å². The molecule has 39 heavy (non-hydrogen) atoms. The van der Waals surface area contributed by atoms with Gasteiger partial charge in [-0.1, -0.05) is 37.3 Å². The monoisotopic (exact) mass is 519 g/mol. The van der Waals surface area contributed by atoms with Crippen LogP contribution in [0.1, 0.15) is 41.6 Å². The number of nitrogens with one attached hydrogen (secondary N) is 2. The molecule has 1 aliphatic carbocycles. The lowest BCUT2D eigenvalue weighted by molar-refractivity contribution is -0.118. The van der Waals surface area contributed by atoms with E-state index in [0.29, 0.717) is 0 Å². The zero-order valence-corrected chi connectivity index (χ0v) is 22.4. The standard InChI is InChI=1S/C32H33N5O2/c1-3-36-14-16-37(17-15-36)23-8-4-21(5-9-23)6-12-28-25-11-7-22(18-30(25)35-34-28)27-20-32(27)26-19-24(39-2)10-13-29(26)33-31(32)38/h4-13,18-19,27H,3,14-17,20H2,1-2H3,(H,33,38)(H,34,35)/b12-6+/t27-,32?/m0/s1. The van der Waals surface area contributed by atoms with Crippen molar-refractivity contribution >= 4 is 40.3 Å². The van der Waals surface area contributed by atoms with Gasteiger partial charge in [-0.15, -0.1) is 0 Å². The molecule has 0 bridgehead atoms. The number of fused-ring (bicyclic) bond motifs is 3. The average molecular weight is 520 g/mol. The second-order valence-corrected chi connectivity index (χ2v) is 10.9. The first-order chi connectivity index (χ1) is 19.1. The van der Waals surface area contributed by atoms with E-state index in [0.717, 1.165) is 83.9 Å². The Morgan fingerprint density at radius 3 is 2.62 bits per heavy atom. The number of carbonyl (C=O) groups excluding carboxylic acids is 1. The van der Waals surface area contributed by atoms with E-state index in [1.54, 1.807) is 7.11 Å². The van der Waals surface area contributed by atoms with E-state index in [9.17, 15) is 4.79 Å². The summed E-state index contributed by atoms with van der Waals surface area (Å²) in [5, 5.41) is 11.9. The zero-order valence-electron chi connectivity index (χ0n) is 22.4. The normalized spacial score (nSPS) is 22.6. The molecule has 0 radical (unpaired) electrons. The average Bonchev–Trinajstić information content (AvgIpc) is 3.53. The quantitative estimate of drug-likeness (QED) is 0.364. The minimum atomic E-state index is -0.504. The SMILES string of the molecule is CCN1CCN(c2ccc(/C=C/c3n[nH]c4cc([C@@H]5CC56C(=O)Nc5ccc(OC)cc56)ccc34)cc2)CC1. The number of aromatic nitrogens is 2. The van der Waals surface area contributed by atoms with Crippen LogP contribution in [0.2, 0.25) is 0 Å². The van der Waals surface area contributed by atoms with E-state index in [4.69, 9.17) is 4.74 Å². The van der Waals surface area contributed by atoms with Crippen LogP contribution in [0.4, 0.5) is 11.4 Å². The number of amides is 1. The summed E-state index contributed by atoms with van der Waals surface area (Å²) in [6.07, 6.45) is 4.99. The van der Waals surface area contributed by atoms with Crippen LogP contribution in [-0.4, -0.2) is 60.8 Å². The maximum Gasteiger partial charge on any atom is 0.235 e. The molecule has 1 unspecified atom stereocenters. The van der Waals surface area contributed by atoms with Gasteiger partial charge in [-0.2, -0.15) is 5.10 Å². The van der Waals surface area contributed by atoms with E-state index >= 15 is 0 Å². The summed E-state index contributed by atoms with van der Waals surface area (Å²) >= 11 is 0. The molecule has 1 saturated carbocycles. The van der Waals surface area contributed by atoms with Gasteiger partial charge in [0.15, 0.2) is 0 Å². The molecular formula is C32H33N5O2. The van der Waals surface area contributed by atoms with Crippen LogP contribution in [0.15, 0.2) is 60.7 Å². The molecule has 1 aromatic heterocycles. The largest absolute Gasteiger partial charge is 0.497 e. The minimum absolute atomic E-state index is 0.0818. The highest BCUT2D eigenvalue weighted by Crippen LogP contribution is 2.65. The molecule has 2 atom stereocenters. The Balaban J connectivity index is 1.08. The molecule has 7 nitrogen and oxygen atoms in total. The fourth-order valence-electron chi connectivity index (χ4n) is 6.39. The third-order valence-corrected chi connectivity index (χ3v) is 8.85. The predicted octanol–water partition coefficient (Wildman–Crippen LogP) is 5.26. The number of methoxy groups -OCH3 is 1. The molecule has 2 fully saturated rings. The van der Waals surface area contributed by atoms with Gasteiger partial charge >= 0.3 is 0 Å². The number of H-pyrrole nitrogens is 1. The van der Waals surface area contributed by atoms with Crippen molar-refractivity contribution in [3.05, 3.63) is 83.0 Å². The van der Waals surface area contributed by atoms with Crippen LogP contribution in [0.3, 0.4) is 0 Å². The van der Waals surface area contributed by atoms with Crippen LogP contribution in [0.25, 0.3) is 23.1 Å². The highest BCUT2D eigenvalue weighted by molar-refractivity contribution is 6.10. The van der Waals surface area contributed by atoms with Crippen LogP contribution in [0.5, 0.6) is 5.75 Å². The highest BCUT2D eigenvalue weighted by atomic mass is 16.5. The van der Waals surface area contributed by atoms with Crippen molar-refractivity contribution in [2.75, 3.05) is 50.1 Å². The summed E-state index contributed by atoms with van der Waals surface area (Å²) in [4.78, 5) is 18.0. The molecule has 1 saturated heterocycles. The topological polar surface area (TPSA) is 73.5 Å². The number of likely N-dealkylation sites (N-methyl/N-ethyl adjacent to an activating group) is 1. The van der Waals surface area contributed by atoms with Crippen molar-refractivity contribution in [1.82, 2.24) is 15.1 Å². The minimum Gasteiger partial charge on any atom is -0.497 e. The van der Waals surface area contributed by atoms with E-state index in [1.807, 2.05) is 18.2 Å². The van der Waals surface area contributed by atoms with Gasteiger partial charge in [0.05, 0.1) is 23.7 Å². The van der Waals surface area contributed by atoms with E-state index in [2.05, 4.69) is 86.9 Å². The molecule has 3 aliphatic rings. The molecule has 3 heterocycles. The molecular weight excluding hydrogens is 486 g/mol. The van der Waals surface area contributed by atoms with Gasteiger partial charge in [-0.3, -0.25) is 9.89 Å². The lowest BCUT2D eigenvalue weighted by Gasteiger charge is -2.35. The third-order valence-electron chi connectivity index (χ3n) is 8.85. The molecule has 2 aliphatic heterocycles. The maximum absolute atomic E-state index is 13.0. The van der Waals surface area contributed by atoms with Gasteiger partial charge in [0.25, 0.3) is 0 Å². The van der Waals surface area contributed by atoms with Gasteiger partial charge in [-0.05, 0) is 72.1 Å². The summed E-state index contributed by atoms with van der Waals surface area (Å²) in [5.41, 5.74) is 6.93. The van der Waals surface area contributed by atoms with Gasteiger partial charge in [0.2, 0.25) is 5.91 Å². The molecule has 7 rings (SSSR count). The number of hydrogen-bond donors (Lipinski definition) is 2. The predicted molar refractivity (Wildman–Crippen MR) is 156 cm³/mol. The number of piperazine rings is 1. The number of rotatable bonds is 6. The second-order valence-electron chi connectivity index (χ2n) is 10.9. The van der Waals surface area contributed by atoms with Crippen LogP contribution in [-0.2, 0) is 10.2 Å². The first-order valence-corrected chi connectivity index (χ1v) is 13.8. The van der Waals surface area contributed by atoms with Gasteiger partial charge in [0, 0.05) is 48.9 Å². The van der Waals surface area contributed by atoms with Crippen LogP contribution in [0, 0.1) is 0 Å². The van der Waals surface area contributed by atoms with Crippen LogP contribution >= 0.6 is 0 Å². The third kappa shape index (κ3) is 4.00. The summed E-state index contributed by atoms with van der Waals surface area (Å²) in [6, 6.07) is 21.0. The number of carbonyl (C=O) groups is 1. The van der Waals surface area contributed by atoms with Gasteiger partial charge in [-0.25, -0.2) is 0 Å². The smallest absolute Gasteiger partial charge is 0.235 e. The Labute approximate surface area is 228 Å². The summed E-state index contributed by atoms with van der Waals surface area (Å²) in [7, 11) is 1.66. The van der Waals surface area contributed by atoms with Gasteiger partial charge in [0.1, 0.15) is 5.75 Å². The Kier molecular flexibility index (Phi) is 5.70. The number of ether oxygens (including phenoxy) is 1. The molecule has 7 heteroatoms. The number of benzene rings is 3. The lowest BCUT2D eigenvalue weighted by Crippen LogP contribution is -2.46. The Morgan fingerprint density at radius 2 is 1.85 bits per heavy atom. The van der Waals surface area contributed by atoms with Crippen molar-refractivity contribution in [2.45, 2.75) is 24.7 Å². The van der Waals surface area contributed by atoms with E-state index in [-0.39, 0.29) is 11.8 Å². The number of anilines is 2. The number of nitrogens with zero attached hydrogens (tertiary/aromatic N) is 3. The summed E-state index contributed by atoms with van der Waals surface area (Å²) < 4.78 is 5.43. The summed E-state index contributed by atoms with van der Waals surface area (Å²) in [5.74, 6) is 1.000. The van der Waals surface area contributed by atoms with Gasteiger partial charge < -0.3 is 19.9 Å². The molecule has 2 N–H and O–H groups in total. The summed E-state index contributed by atoms with van der Waals surface area (Å²) in [6.45, 7) is 7.78. The molecule has 1 spiro atoms. The van der Waals surface area contributed by atoms with Crippen molar-refractivity contribution in [3.63, 3.8) is 0 Å². The Hall–Kier alpha value is -4.10. The number of aromatic amines is 1. The van der Waals surface area contributed by atoms with Crippen molar-refractivity contribution in [2.24, 2.45) is 0 Å². The first kappa shape index (κ1) is 24.0. The lowest BCUT2D eigenvalue weighted by atomic mass is 9.91. The second kappa shape index (κ2) is 9.27. The Morgan fingerprint density at radius 1 is 1.03 bits per heavy atom. The first-order valence-electron chi connectivity index (χ1n) is 13.8. The molecule has 1 amide bonds. The molecule has 198 valence electrons. The molecule has 4 aromatic rings.